The summed E-state index contributed by atoms with van der Waals surface area (Å²) in [4.78, 5) is 12.9. The maximum Gasteiger partial charge on any atom is 0.234 e. The van der Waals surface area contributed by atoms with E-state index in [1.807, 2.05) is 29.6 Å². The molecule has 3 aromatic rings. The van der Waals surface area contributed by atoms with E-state index in [9.17, 15) is 9.18 Å². The van der Waals surface area contributed by atoms with Crippen molar-refractivity contribution in [2.45, 2.75) is 5.03 Å². The molecule has 4 nitrogen and oxygen atoms in total. The predicted octanol–water partition coefficient (Wildman–Crippen LogP) is 4.73. The average molecular weight is 380 g/mol. The lowest BCUT2D eigenvalue weighted by Crippen LogP contribution is -2.14. The van der Waals surface area contributed by atoms with Gasteiger partial charge in [-0.3, -0.25) is 4.79 Å². The summed E-state index contributed by atoms with van der Waals surface area (Å²) in [6.45, 7) is 0. The topological polar surface area (TPSA) is 54.9 Å². The van der Waals surface area contributed by atoms with Crippen LogP contribution in [0.2, 0.25) is 5.02 Å². The molecule has 0 bridgehead atoms. The maximum absolute atomic E-state index is 13.3. The van der Waals surface area contributed by atoms with Crippen molar-refractivity contribution in [3.63, 3.8) is 0 Å². The van der Waals surface area contributed by atoms with E-state index in [1.54, 1.807) is 17.4 Å². The largest absolute Gasteiger partial charge is 0.325 e. The number of halogens is 2. The number of nitrogens with zero attached hydrogens (tertiary/aromatic N) is 2. The van der Waals surface area contributed by atoms with Crippen molar-refractivity contribution in [3.05, 3.63) is 58.7 Å². The standard InChI is InChI=1S/C16H11ClFN3OS2/c17-11-4-3-10(8-12(11)18)19-15(22)9-24-16-6-5-13(20-21-16)14-2-1-7-23-14/h1-8H,9H2,(H,19,22). The van der Waals surface area contributed by atoms with Crippen LogP contribution < -0.4 is 5.32 Å². The number of amides is 1. The molecule has 2 heterocycles. The molecule has 0 aliphatic heterocycles. The van der Waals surface area contributed by atoms with Crippen molar-refractivity contribution in [2.24, 2.45) is 0 Å². The molecular weight excluding hydrogens is 369 g/mol. The first-order valence-corrected chi connectivity index (χ1v) is 9.11. The van der Waals surface area contributed by atoms with Gasteiger partial charge in [0.2, 0.25) is 5.91 Å². The lowest BCUT2D eigenvalue weighted by atomic mass is 10.3. The highest BCUT2D eigenvalue weighted by molar-refractivity contribution is 7.99. The van der Waals surface area contributed by atoms with E-state index in [1.165, 1.54) is 23.9 Å². The normalized spacial score (nSPS) is 10.6. The molecule has 8 heteroatoms. The number of carbonyl (C=O) groups excluding carboxylic acids is 1. The average Bonchev–Trinajstić information content (AvgIpc) is 3.11. The highest BCUT2D eigenvalue weighted by Crippen LogP contribution is 2.24. The SMILES string of the molecule is O=C(CSc1ccc(-c2cccs2)nn1)Nc1ccc(Cl)c(F)c1. The lowest BCUT2D eigenvalue weighted by Gasteiger charge is -2.05. The van der Waals surface area contributed by atoms with Crippen LogP contribution in [0.4, 0.5) is 10.1 Å². The zero-order valence-electron chi connectivity index (χ0n) is 12.2. The lowest BCUT2D eigenvalue weighted by molar-refractivity contribution is -0.113. The van der Waals surface area contributed by atoms with E-state index in [0.717, 1.165) is 10.6 Å². The van der Waals surface area contributed by atoms with E-state index in [4.69, 9.17) is 11.6 Å². The Labute approximate surface area is 151 Å². The fraction of sp³-hybridized carbons (Fsp3) is 0.0625. The Morgan fingerprint density at radius 1 is 1.25 bits per heavy atom. The van der Waals surface area contributed by atoms with Crippen LogP contribution in [0.1, 0.15) is 0 Å². The summed E-state index contributed by atoms with van der Waals surface area (Å²) < 4.78 is 13.3. The van der Waals surface area contributed by atoms with E-state index in [-0.39, 0.29) is 16.7 Å². The third-order valence-corrected chi connectivity index (χ3v) is 5.09. The Hall–Kier alpha value is -1.96. The van der Waals surface area contributed by atoms with Crippen LogP contribution >= 0.6 is 34.7 Å². The molecule has 0 saturated heterocycles. The number of rotatable bonds is 5. The molecule has 122 valence electrons. The van der Waals surface area contributed by atoms with Gasteiger partial charge in [0.05, 0.1) is 15.7 Å². The molecule has 0 saturated carbocycles. The van der Waals surface area contributed by atoms with Gasteiger partial charge in [0.15, 0.2) is 0 Å². The Bertz CT molecular complexity index is 841. The summed E-state index contributed by atoms with van der Waals surface area (Å²) in [7, 11) is 0. The molecule has 0 aliphatic carbocycles. The first-order valence-electron chi connectivity index (χ1n) is 6.87. The van der Waals surface area contributed by atoms with E-state index < -0.39 is 5.82 Å². The molecule has 1 amide bonds. The van der Waals surface area contributed by atoms with Crippen LogP contribution in [-0.4, -0.2) is 21.9 Å². The van der Waals surface area contributed by atoms with Crippen molar-refractivity contribution >= 4 is 46.3 Å². The Morgan fingerprint density at radius 3 is 2.79 bits per heavy atom. The fourth-order valence-corrected chi connectivity index (χ4v) is 3.29. The third-order valence-electron chi connectivity index (χ3n) is 2.97. The van der Waals surface area contributed by atoms with Crippen molar-refractivity contribution in [2.75, 3.05) is 11.1 Å². The highest BCUT2D eigenvalue weighted by atomic mass is 35.5. The second-order valence-electron chi connectivity index (χ2n) is 4.70. The summed E-state index contributed by atoms with van der Waals surface area (Å²) in [6.07, 6.45) is 0. The number of thiophene rings is 1. The first kappa shape index (κ1) is 16.9. The molecule has 0 spiro atoms. The van der Waals surface area contributed by atoms with Gasteiger partial charge < -0.3 is 5.32 Å². The molecule has 2 aromatic heterocycles. The van der Waals surface area contributed by atoms with Crippen LogP contribution in [0.15, 0.2) is 52.9 Å². The number of nitrogens with one attached hydrogen (secondary N) is 1. The molecule has 24 heavy (non-hydrogen) atoms. The minimum atomic E-state index is -0.572. The van der Waals surface area contributed by atoms with Crippen molar-refractivity contribution in [1.82, 2.24) is 10.2 Å². The number of thioether (sulfide) groups is 1. The van der Waals surface area contributed by atoms with Crippen LogP contribution in [0.3, 0.4) is 0 Å². The maximum atomic E-state index is 13.3. The van der Waals surface area contributed by atoms with Crippen molar-refractivity contribution in [3.8, 4) is 10.6 Å². The second kappa shape index (κ2) is 7.74. The highest BCUT2D eigenvalue weighted by Gasteiger charge is 2.08. The van der Waals surface area contributed by atoms with Gasteiger partial charge in [-0.25, -0.2) is 4.39 Å². The molecular formula is C16H11ClFN3OS2. The van der Waals surface area contributed by atoms with Crippen molar-refractivity contribution in [1.29, 1.82) is 0 Å². The number of anilines is 1. The van der Waals surface area contributed by atoms with E-state index in [2.05, 4.69) is 15.5 Å². The van der Waals surface area contributed by atoms with Crippen LogP contribution in [-0.2, 0) is 4.79 Å². The van der Waals surface area contributed by atoms with Gasteiger partial charge in [0, 0.05) is 5.69 Å². The summed E-state index contributed by atoms with van der Waals surface area (Å²) in [5.74, 6) is -0.680. The van der Waals surface area contributed by atoms with E-state index >= 15 is 0 Å². The number of benzene rings is 1. The monoisotopic (exact) mass is 379 g/mol. The number of hydrogen-bond donors (Lipinski definition) is 1. The van der Waals surface area contributed by atoms with Crippen LogP contribution in [0.5, 0.6) is 0 Å². The zero-order valence-corrected chi connectivity index (χ0v) is 14.6. The van der Waals surface area contributed by atoms with Gasteiger partial charge in [0.25, 0.3) is 0 Å². The summed E-state index contributed by atoms with van der Waals surface area (Å²) in [5.41, 5.74) is 1.16. The zero-order chi connectivity index (χ0) is 16.9. The molecule has 0 radical (unpaired) electrons. The Balaban J connectivity index is 1.55. The van der Waals surface area contributed by atoms with E-state index in [0.29, 0.717) is 10.7 Å². The molecule has 0 atom stereocenters. The third kappa shape index (κ3) is 4.31. The summed E-state index contributed by atoms with van der Waals surface area (Å²) >= 11 is 8.45. The summed E-state index contributed by atoms with van der Waals surface area (Å²) in [6, 6.07) is 11.7. The minimum absolute atomic E-state index is 0.0171. The molecule has 1 N–H and O–H groups in total. The first-order chi connectivity index (χ1) is 11.6. The molecule has 1 aromatic carbocycles. The summed E-state index contributed by atoms with van der Waals surface area (Å²) in [5, 5.41) is 13.5. The molecule has 0 unspecified atom stereocenters. The molecule has 0 fully saturated rings. The van der Waals surface area contributed by atoms with Gasteiger partial charge in [-0.05, 0) is 41.8 Å². The number of hydrogen-bond acceptors (Lipinski definition) is 5. The quantitative estimate of drug-likeness (QED) is 0.651. The number of aromatic nitrogens is 2. The van der Waals surface area contributed by atoms with Gasteiger partial charge >= 0.3 is 0 Å². The van der Waals surface area contributed by atoms with Crippen LogP contribution in [0, 0.1) is 5.82 Å². The Morgan fingerprint density at radius 2 is 2.12 bits per heavy atom. The Kier molecular flexibility index (Phi) is 5.44. The fourth-order valence-electron chi connectivity index (χ4n) is 1.86. The second-order valence-corrected chi connectivity index (χ2v) is 7.05. The number of carbonyl (C=O) groups is 1. The molecule has 0 aliphatic rings. The molecule has 3 rings (SSSR count). The smallest absolute Gasteiger partial charge is 0.234 e. The van der Waals surface area contributed by atoms with Gasteiger partial charge in [0.1, 0.15) is 16.5 Å². The van der Waals surface area contributed by atoms with Gasteiger partial charge in [-0.2, -0.15) is 0 Å². The van der Waals surface area contributed by atoms with Crippen LogP contribution in [0.25, 0.3) is 10.6 Å². The van der Waals surface area contributed by atoms with Gasteiger partial charge in [-0.15, -0.1) is 21.5 Å². The predicted molar refractivity (Wildman–Crippen MR) is 96.1 cm³/mol. The van der Waals surface area contributed by atoms with Crippen molar-refractivity contribution < 1.29 is 9.18 Å². The van der Waals surface area contributed by atoms with Gasteiger partial charge in [-0.1, -0.05) is 29.4 Å². The minimum Gasteiger partial charge on any atom is -0.325 e.